The first kappa shape index (κ1) is 10.3. The molecule has 0 aliphatic rings. The van der Waals surface area contributed by atoms with E-state index in [1.807, 2.05) is 18.2 Å². The van der Waals surface area contributed by atoms with Crippen molar-refractivity contribution in [2.45, 2.75) is 0 Å². The van der Waals surface area contributed by atoms with Gasteiger partial charge in [0.05, 0.1) is 0 Å². The second-order valence-corrected chi connectivity index (χ2v) is 2.56. The van der Waals surface area contributed by atoms with Crippen molar-refractivity contribution in [2.75, 3.05) is 0 Å². The summed E-state index contributed by atoms with van der Waals surface area (Å²) in [6, 6.07) is 5.72. The maximum Gasteiger partial charge on any atom is 0.466 e. The Labute approximate surface area is 63.6 Å². The minimum absolute atomic E-state index is 1.75. The Morgan fingerprint density at radius 1 is 1.00 bits per heavy atom. The summed E-state index contributed by atoms with van der Waals surface area (Å²) in [5.74, 6) is 0. The fourth-order valence-electron chi connectivity index (χ4n) is 0.313. The van der Waals surface area contributed by atoms with Crippen LogP contribution in [-0.4, -0.2) is 19.7 Å². The van der Waals surface area contributed by atoms with Crippen LogP contribution in [0.3, 0.4) is 0 Å². The number of pyridine rings is 1. The van der Waals surface area contributed by atoms with Crippen LogP contribution >= 0.6 is 7.82 Å². The Hall–Kier alpha value is -0.740. The molecule has 0 aliphatic carbocycles. The van der Waals surface area contributed by atoms with Gasteiger partial charge in [-0.15, -0.1) is 0 Å². The lowest BCUT2D eigenvalue weighted by Gasteiger charge is -1.82. The number of nitrogens with zero attached hydrogens (tertiary/aromatic N) is 1. The molecule has 5 nitrogen and oxygen atoms in total. The van der Waals surface area contributed by atoms with E-state index in [0.717, 1.165) is 0 Å². The molecule has 1 aromatic rings. The molecule has 3 N–H and O–H groups in total. The Morgan fingerprint density at radius 3 is 1.45 bits per heavy atom. The standard InChI is InChI=1S/C5H5N.H3O4P/c1-2-4-6-5-3-1;1-5(2,3)4/h1-5H;(H3,1,2,3,4). The normalized spacial score (nSPS) is 9.73. The first-order valence-electron chi connectivity index (χ1n) is 2.63. The number of hydrogen-bond acceptors (Lipinski definition) is 2. The van der Waals surface area contributed by atoms with Crippen LogP contribution in [0.2, 0.25) is 0 Å². The molecule has 11 heavy (non-hydrogen) atoms. The van der Waals surface area contributed by atoms with Gasteiger partial charge in [0.15, 0.2) is 0 Å². The van der Waals surface area contributed by atoms with E-state index < -0.39 is 7.82 Å². The molecular formula is C5H8NO4P. The van der Waals surface area contributed by atoms with Gasteiger partial charge >= 0.3 is 7.82 Å². The molecule has 1 heterocycles. The van der Waals surface area contributed by atoms with Crippen LogP contribution in [0, 0.1) is 0 Å². The smallest absolute Gasteiger partial charge is 0.303 e. The lowest BCUT2D eigenvalue weighted by molar-refractivity contribution is 0.275. The third-order valence-electron chi connectivity index (χ3n) is 0.566. The SMILES string of the molecule is O=P(O)(O)O.c1ccncc1. The second kappa shape index (κ2) is 4.98. The largest absolute Gasteiger partial charge is 0.466 e. The van der Waals surface area contributed by atoms with Gasteiger partial charge in [0.1, 0.15) is 0 Å². The highest BCUT2D eigenvalue weighted by Gasteiger charge is 2.00. The van der Waals surface area contributed by atoms with E-state index in [2.05, 4.69) is 4.98 Å². The molecule has 0 bridgehead atoms. The molecule has 0 atom stereocenters. The van der Waals surface area contributed by atoms with Crippen molar-refractivity contribution in [3.8, 4) is 0 Å². The molecule has 62 valence electrons. The predicted molar refractivity (Wildman–Crippen MR) is 38.5 cm³/mol. The fourth-order valence-corrected chi connectivity index (χ4v) is 0.313. The van der Waals surface area contributed by atoms with E-state index in [4.69, 9.17) is 19.2 Å². The molecule has 0 saturated carbocycles. The lowest BCUT2D eigenvalue weighted by Crippen LogP contribution is -1.66. The third-order valence-corrected chi connectivity index (χ3v) is 0.566. The fraction of sp³-hybridized carbons (Fsp3) is 0. The van der Waals surface area contributed by atoms with Gasteiger partial charge in [0.25, 0.3) is 0 Å². The molecule has 1 aromatic heterocycles. The van der Waals surface area contributed by atoms with Gasteiger partial charge in [-0.25, -0.2) is 4.57 Å². The summed E-state index contributed by atoms with van der Waals surface area (Å²) < 4.78 is 8.88. The molecule has 0 amide bonds. The van der Waals surface area contributed by atoms with Crippen LogP contribution in [0.25, 0.3) is 0 Å². The Balaban J connectivity index is 0.000000187. The number of phosphoric acid groups is 1. The molecule has 0 aromatic carbocycles. The quantitative estimate of drug-likeness (QED) is 0.491. The van der Waals surface area contributed by atoms with Gasteiger partial charge in [-0.2, -0.15) is 0 Å². The Morgan fingerprint density at radius 2 is 1.36 bits per heavy atom. The van der Waals surface area contributed by atoms with Crippen molar-refractivity contribution < 1.29 is 19.2 Å². The maximum atomic E-state index is 8.88. The monoisotopic (exact) mass is 177 g/mol. The van der Waals surface area contributed by atoms with Crippen LogP contribution in [-0.2, 0) is 4.57 Å². The van der Waals surface area contributed by atoms with Crippen molar-refractivity contribution in [1.29, 1.82) is 0 Å². The summed E-state index contributed by atoms with van der Waals surface area (Å²) in [6.07, 6.45) is 3.50. The summed E-state index contributed by atoms with van der Waals surface area (Å²) in [7, 11) is -4.64. The van der Waals surface area contributed by atoms with Crippen molar-refractivity contribution in [3.63, 3.8) is 0 Å². The molecule has 0 radical (unpaired) electrons. The van der Waals surface area contributed by atoms with Crippen LogP contribution in [0.5, 0.6) is 0 Å². The maximum absolute atomic E-state index is 8.88. The summed E-state index contributed by atoms with van der Waals surface area (Å²) in [4.78, 5) is 25.3. The van der Waals surface area contributed by atoms with Crippen molar-refractivity contribution in [2.24, 2.45) is 0 Å². The highest BCUT2D eigenvalue weighted by Crippen LogP contribution is 2.25. The highest BCUT2D eigenvalue weighted by atomic mass is 31.2. The van der Waals surface area contributed by atoms with E-state index in [1.54, 1.807) is 12.4 Å². The number of aromatic nitrogens is 1. The topological polar surface area (TPSA) is 90.7 Å². The molecule has 0 aliphatic heterocycles. The van der Waals surface area contributed by atoms with E-state index in [0.29, 0.717) is 0 Å². The molecular weight excluding hydrogens is 169 g/mol. The molecule has 1 rings (SSSR count). The van der Waals surface area contributed by atoms with Crippen molar-refractivity contribution in [3.05, 3.63) is 30.6 Å². The zero-order valence-electron chi connectivity index (χ0n) is 5.53. The van der Waals surface area contributed by atoms with Gasteiger partial charge in [-0.05, 0) is 12.1 Å². The molecule has 0 spiro atoms. The van der Waals surface area contributed by atoms with Gasteiger partial charge in [-0.1, -0.05) is 6.07 Å². The first-order valence-corrected chi connectivity index (χ1v) is 4.20. The highest BCUT2D eigenvalue weighted by molar-refractivity contribution is 7.45. The predicted octanol–water partition coefficient (Wildman–Crippen LogP) is 0.153. The molecule has 0 saturated heterocycles. The van der Waals surface area contributed by atoms with Crippen LogP contribution in [0.4, 0.5) is 0 Å². The Kier molecular flexibility index (Phi) is 4.65. The molecule has 0 fully saturated rings. The van der Waals surface area contributed by atoms with Crippen molar-refractivity contribution >= 4 is 7.82 Å². The molecule has 6 heteroatoms. The van der Waals surface area contributed by atoms with Gasteiger partial charge in [0, 0.05) is 12.4 Å². The minimum Gasteiger partial charge on any atom is -0.303 e. The van der Waals surface area contributed by atoms with E-state index in [9.17, 15) is 0 Å². The zero-order chi connectivity index (χ0) is 8.74. The zero-order valence-corrected chi connectivity index (χ0v) is 6.43. The summed E-state index contributed by atoms with van der Waals surface area (Å²) in [5, 5.41) is 0. The van der Waals surface area contributed by atoms with E-state index in [-0.39, 0.29) is 0 Å². The summed E-state index contributed by atoms with van der Waals surface area (Å²) >= 11 is 0. The van der Waals surface area contributed by atoms with E-state index in [1.165, 1.54) is 0 Å². The van der Waals surface area contributed by atoms with Crippen molar-refractivity contribution in [1.82, 2.24) is 4.98 Å². The molecule has 0 unspecified atom stereocenters. The second-order valence-electron chi connectivity index (χ2n) is 1.54. The van der Waals surface area contributed by atoms with Gasteiger partial charge in [0.2, 0.25) is 0 Å². The summed E-state index contributed by atoms with van der Waals surface area (Å²) in [5.41, 5.74) is 0. The first-order chi connectivity index (χ1) is 5.00. The summed E-state index contributed by atoms with van der Waals surface area (Å²) in [6.45, 7) is 0. The average Bonchev–Trinajstić information content (AvgIpc) is 1.88. The van der Waals surface area contributed by atoms with Crippen LogP contribution in [0.15, 0.2) is 30.6 Å². The third kappa shape index (κ3) is 17.6. The van der Waals surface area contributed by atoms with E-state index >= 15 is 0 Å². The Bertz CT molecular complexity index is 186. The lowest BCUT2D eigenvalue weighted by atomic mass is 10.5. The van der Waals surface area contributed by atoms with Crippen LogP contribution < -0.4 is 0 Å². The van der Waals surface area contributed by atoms with Gasteiger partial charge < -0.3 is 14.7 Å². The average molecular weight is 177 g/mol. The number of rotatable bonds is 0. The van der Waals surface area contributed by atoms with Crippen LogP contribution in [0.1, 0.15) is 0 Å². The number of hydrogen-bond donors (Lipinski definition) is 3. The minimum atomic E-state index is -4.64. The van der Waals surface area contributed by atoms with Gasteiger partial charge in [-0.3, -0.25) is 4.98 Å².